The fourth-order valence-corrected chi connectivity index (χ4v) is 3.79. The minimum atomic E-state index is -4.98. The second-order valence-corrected chi connectivity index (χ2v) is 7.85. The Bertz CT molecular complexity index is 1100. The number of aromatic nitrogens is 3. The van der Waals surface area contributed by atoms with Crippen molar-refractivity contribution in [2.75, 3.05) is 19.8 Å². The first kappa shape index (κ1) is 25.1. The van der Waals surface area contributed by atoms with Crippen LogP contribution in [0.5, 0.6) is 0 Å². The van der Waals surface area contributed by atoms with Crippen molar-refractivity contribution in [2.45, 2.75) is 44.9 Å². The zero-order chi connectivity index (χ0) is 24.2. The third-order valence-electron chi connectivity index (χ3n) is 4.86. The van der Waals surface area contributed by atoms with Gasteiger partial charge in [0.05, 0.1) is 35.9 Å². The largest absolute Gasteiger partial charge is 0.471 e. The van der Waals surface area contributed by atoms with E-state index in [0.717, 1.165) is 0 Å². The van der Waals surface area contributed by atoms with E-state index in [9.17, 15) is 22.5 Å². The molecule has 1 fully saturated rings. The Morgan fingerprint density at radius 2 is 2.21 bits per heavy atom. The zero-order valence-electron chi connectivity index (χ0n) is 17.7. The van der Waals surface area contributed by atoms with E-state index in [4.69, 9.17) is 18.9 Å². The molecule has 0 aliphatic carbocycles. The maximum absolute atomic E-state index is 12.3. The second kappa shape index (κ2) is 10.6. The number of amides is 1. The summed E-state index contributed by atoms with van der Waals surface area (Å²) in [6.07, 6.45) is -3.14. The van der Waals surface area contributed by atoms with Gasteiger partial charge in [0.15, 0.2) is 0 Å². The molecule has 2 unspecified atom stereocenters. The van der Waals surface area contributed by atoms with Crippen molar-refractivity contribution in [3.63, 3.8) is 0 Å². The molecule has 14 heteroatoms. The molecule has 3 rings (SSSR count). The molecule has 0 bridgehead atoms. The Labute approximate surface area is 187 Å². The molecule has 1 aliphatic rings. The minimum absolute atomic E-state index is 0.131. The van der Waals surface area contributed by atoms with Crippen LogP contribution in [-0.2, 0) is 23.4 Å². The molecule has 1 aliphatic heterocycles. The van der Waals surface area contributed by atoms with Gasteiger partial charge in [-0.2, -0.15) is 13.2 Å². The molecule has 2 aromatic heterocycles. The highest BCUT2D eigenvalue weighted by molar-refractivity contribution is 7.32. The van der Waals surface area contributed by atoms with Gasteiger partial charge in [0.2, 0.25) is 0 Å². The molecule has 0 aromatic carbocycles. The van der Waals surface area contributed by atoms with Gasteiger partial charge in [0.25, 0.3) is 0 Å². The van der Waals surface area contributed by atoms with Crippen molar-refractivity contribution in [1.82, 2.24) is 19.9 Å². The van der Waals surface area contributed by atoms with Gasteiger partial charge in [-0.1, -0.05) is 11.8 Å². The maximum Gasteiger partial charge on any atom is 0.471 e. The van der Waals surface area contributed by atoms with Crippen LogP contribution in [0.1, 0.15) is 30.8 Å². The number of aryl methyl sites for hydroxylation is 1. The number of hydrogen-bond donors (Lipinski definition) is 2. The highest BCUT2D eigenvalue weighted by Crippen LogP contribution is 2.35. The number of alkyl halides is 3. The van der Waals surface area contributed by atoms with Crippen LogP contribution in [0.2, 0.25) is 0 Å². The topological polar surface area (TPSA) is 125 Å². The zero-order valence-corrected chi connectivity index (χ0v) is 18.7. The molecular formula is C19H22F3N4O6P. The van der Waals surface area contributed by atoms with Crippen LogP contribution in [0, 0.1) is 18.8 Å². The molecule has 2 aromatic rings. The van der Waals surface area contributed by atoms with Crippen LogP contribution < -0.4 is 5.32 Å². The molecule has 33 heavy (non-hydrogen) atoms. The quantitative estimate of drug-likeness (QED) is 0.445. The highest BCUT2D eigenvalue weighted by Gasteiger charge is 2.39. The molecule has 4 atom stereocenters. The van der Waals surface area contributed by atoms with Gasteiger partial charge < -0.3 is 28.8 Å². The molecule has 10 nitrogen and oxygen atoms in total. The van der Waals surface area contributed by atoms with E-state index in [1.54, 1.807) is 23.0 Å². The third kappa shape index (κ3) is 6.10. The average Bonchev–Trinajstić information content (AvgIpc) is 3.31. The molecule has 0 saturated carbocycles. The summed E-state index contributed by atoms with van der Waals surface area (Å²) in [5.74, 6) is 3.18. The van der Waals surface area contributed by atoms with E-state index in [1.165, 1.54) is 6.33 Å². The van der Waals surface area contributed by atoms with Gasteiger partial charge in [-0.05, 0) is 13.8 Å². The van der Waals surface area contributed by atoms with Gasteiger partial charge in [-0.25, -0.2) is 9.97 Å². The van der Waals surface area contributed by atoms with Gasteiger partial charge in [-0.3, -0.25) is 9.36 Å². The van der Waals surface area contributed by atoms with Crippen molar-refractivity contribution in [1.29, 1.82) is 0 Å². The van der Waals surface area contributed by atoms with Crippen LogP contribution in [0.4, 0.5) is 13.2 Å². The van der Waals surface area contributed by atoms with Gasteiger partial charge in [0, 0.05) is 19.2 Å². The number of ether oxygens (including phenoxy) is 2. The predicted octanol–water partition coefficient (Wildman–Crippen LogP) is 1.86. The van der Waals surface area contributed by atoms with Crippen LogP contribution in [-0.4, -0.2) is 63.5 Å². The molecule has 1 saturated heterocycles. The van der Waals surface area contributed by atoms with E-state index in [-0.39, 0.29) is 6.61 Å². The summed E-state index contributed by atoms with van der Waals surface area (Å²) < 4.78 is 66.1. The lowest BCUT2D eigenvalue weighted by Gasteiger charge is -2.17. The maximum atomic E-state index is 12.3. The summed E-state index contributed by atoms with van der Waals surface area (Å²) >= 11 is 0. The fourth-order valence-electron chi connectivity index (χ4n) is 3.48. The second-order valence-electron chi connectivity index (χ2n) is 7.03. The lowest BCUT2D eigenvalue weighted by Crippen LogP contribution is -2.36. The summed E-state index contributed by atoms with van der Waals surface area (Å²) in [6, 6.07) is 0. The number of carbonyl (C=O) groups is 1. The van der Waals surface area contributed by atoms with Crippen molar-refractivity contribution in [3.8, 4) is 11.8 Å². The number of nitrogens with zero attached hydrogens (tertiary/aromatic N) is 3. The number of nitrogens with one attached hydrogen (secondary N) is 1. The Morgan fingerprint density at radius 1 is 1.45 bits per heavy atom. The minimum Gasteiger partial charge on any atom is -0.376 e. The molecule has 1 amide bonds. The normalized spacial score (nSPS) is 21.6. The standard InChI is InChI=1S/C19H22F3N4O6P/c1-3-30-13-7-15(32-14(13)9-31-33(28)29)26-8-12(16-11(2)24-10-25-17(16)26)5-4-6-23-18(27)19(20,21)22/h8,10,13-15,33H,3,6-7,9H2,1-2H3,(H,23,27)(H,28,29)/t13?,14-,15-/m1/s1. The lowest BCUT2D eigenvalue weighted by atomic mass is 10.2. The number of hydrogen-bond acceptors (Lipinski definition) is 7. The SMILES string of the molecule is CCOC1C[C@H](n2cc(C#CCNC(=O)C(F)(F)F)c3c(C)ncnc32)O[C@@H]1CO[PH](=O)O. The first-order chi connectivity index (χ1) is 15.6. The number of rotatable bonds is 7. The molecule has 180 valence electrons. The summed E-state index contributed by atoms with van der Waals surface area (Å²) in [4.78, 5) is 28.3. The summed E-state index contributed by atoms with van der Waals surface area (Å²) in [6.45, 7) is 3.32. The van der Waals surface area contributed by atoms with Crippen molar-refractivity contribution in [2.24, 2.45) is 0 Å². The van der Waals surface area contributed by atoms with E-state index < -0.39 is 45.3 Å². The van der Waals surface area contributed by atoms with Crippen molar-refractivity contribution >= 4 is 25.2 Å². The van der Waals surface area contributed by atoms with E-state index in [0.29, 0.717) is 35.3 Å². The molecule has 2 N–H and O–H groups in total. The number of fused-ring (bicyclic) bond motifs is 1. The van der Waals surface area contributed by atoms with Crippen LogP contribution in [0.15, 0.2) is 12.5 Å². The van der Waals surface area contributed by atoms with Crippen LogP contribution in [0.25, 0.3) is 11.0 Å². The number of halogens is 3. The highest BCUT2D eigenvalue weighted by atomic mass is 31.1. The van der Waals surface area contributed by atoms with E-state index in [1.807, 2.05) is 6.92 Å². The first-order valence-electron chi connectivity index (χ1n) is 9.90. The Balaban J connectivity index is 1.86. The number of carbonyl (C=O) groups excluding carboxylic acids is 1. The van der Waals surface area contributed by atoms with Crippen molar-refractivity contribution in [3.05, 3.63) is 23.8 Å². The molecular weight excluding hydrogens is 468 g/mol. The van der Waals surface area contributed by atoms with Gasteiger partial charge in [-0.15, -0.1) is 0 Å². The Kier molecular flexibility index (Phi) is 8.10. The van der Waals surface area contributed by atoms with E-state index in [2.05, 4.69) is 21.8 Å². The third-order valence-corrected chi connectivity index (χ3v) is 5.27. The smallest absolute Gasteiger partial charge is 0.376 e. The van der Waals surface area contributed by atoms with Crippen LogP contribution in [0.3, 0.4) is 0 Å². The predicted molar refractivity (Wildman–Crippen MR) is 109 cm³/mol. The molecule has 3 heterocycles. The van der Waals surface area contributed by atoms with Gasteiger partial charge >= 0.3 is 20.3 Å². The fraction of sp³-hybridized carbons (Fsp3) is 0.526. The summed E-state index contributed by atoms with van der Waals surface area (Å²) in [5.41, 5.74) is 1.53. The summed E-state index contributed by atoms with van der Waals surface area (Å²) in [7, 11) is -3.14. The average molecular weight is 490 g/mol. The molecule has 0 spiro atoms. The Hall–Kier alpha value is -2.49. The monoisotopic (exact) mass is 490 g/mol. The Morgan fingerprint density at radius 3 is 2.88 bits per heavy atom. The van der Waals surface area contributed by atoms with Gasteiger partial charge in [0.1, 0.15) is 24.3 Å². The van der Waals surface area contributed by atoms with Crippen LogP contribution >= 0.6 is 8.25 Å². The lowest BCUT2D eigenvalue weighted by molar-refractivity contribution is -0.173. The van der Waals surface area contributed by atoms with E-state index >= 15 is 0 Å². The first-order valence-corrected chi connectivity index (χ1v) is 11.2. The molecule has 0 radical (unpaired) electrons. The summed E-state index contributed by atoms with van der Waals surface area (Å²) in [5, 5.41) is 2.28. The van der Waals surface area contributed by atoms with Crippen molar-refractivity contribution < 1.29 is 41.4 Å².